The lowest BCUT2D eigenvalue weighted by Crippen LogP contribution is -2.48. The first kappa shape index (κ1) is 19.7. The molecule has 0 aliphatic carbocycles. The average Bonchev–Trinajstić information content (AvgIpc) is 2.73. The molecule has 0 saturated carbocycles. The van der Waals surface area contributed by atoms with E-state index in [9.17, 15) is 4.79 Å². The first-order valence-corrected chi connectivity index (χ1v) is 9.50. The van der Waals surface area contributed by atoms with Gasteiger partial charge in [-0.25, -0.2) is 0 Å². The summed E-state index contributed by atoms with van der Waals surface area (Å²) in [6, 6.07) is 15.2. The molecule has 0 unspecified atom stereocenters. The van der Waals surface area contributed by atoms with Gasteiger partial charge in [-0.2, -0.15) is 5.26 Å². The van der Waals surface area contributed by atoms with E-state index in [1.165, 1.54) is 7.11 Å². The van der Waals surface area contributed by atoms with Gasteiger partial charge < -0.3 is 15.0 Å². The Balaban J connectivity index is 1.67. The molecule has 2 aromatic carbocycles. The molecule has 0 aromatic heterocycles. The highest BCUT2D eigenvalue weighted by Crippen LogP contribution is 2.26. The Kier molecular flexibility index (Phi) is 6.17. The van der Waals surface area contributed by atoms with Crippen molar-refractivity contribution in [1.29, 1.82) is 5.26 Å². The molecular formula is C22H26N4O2. The number of hydrogen-bond donors (Lipinski definition) is 1. The Morgan fingerprint density at radius 3 is 2.36 bits per heavy atom. The van der Waals surface area contributed by atoms with Crippen LogP contribution in [0.4, 0.5) is 11.4 Å². The third kappa shape index (κ3) is 4.44. The van der Waals surface area contributed by atoms with E-state index in [1.807, 2.05) is 24.3 Å². The van der Waals surface area contributed by atoms with Crippen LogP contribution in [0.5, 0.6) is 5.75 Å². The average molecular weight is 378 g/mol. The summed E-state index contributed by atoms with van der Waals surface area (Å²) in [5.41, 5.74) is 2.64. The fourth-order valence-corrected chi connectivity index (χ4v) is 3.39. The van der Waals surface area contributed by atoms with E-state index in [-0.39, 0.29) is 5.91 Å². The van der Waals surface area contributed by atoms with Gasteiger partial charge in [-0.1, -0.05) is 0 Å². The smallest absolute Gasteiger partial charge is 0.255 e. The quantitative estimate of drug-likeness (QED) is 0.864. The zero-order chi connectivity index (χ0) is 20.1. The van der Waals surface area contributed by atoms with Gasteiger partial charge >= 0.3 is 0 Å². The first-order valence-electron chi connectivity index (χ1n) is 9.50. The second-order valence-electron chi connectivity index (χ2n) is 7.14. The predicted octanol–water partition coefficient (Wildman–Crippen LogP) is 3.35. The van der Waals surface area contributed by atoms with E-state index in [0.29, 0.717) is 28.6 Å². The van der Waals surface area contributed by atoms with Crippen LogP contribution < -0.4 is 15.0 Å². The molecule has 1 amide bonds. The number of amides is 1. The maximum Gasteiger partial charge on any atom is 0.255 e. The fraction of sp³-hybridized carbons (Fsp3) is 0.364. The Morgan fingerprint density at radius 2 is 1.79 bits per heavy atom. The summed E-state index contributed by atoms with van der Waals surface area (Å²) < 4.78 is 5.27. The molecule has 1 saturated heterocycles. The Labute approximate surface area is 166 Å². The SMILES string of the molecule is COc1ccc(C#N)cc1NC(=O)c1ccc(N2CCN(C(C)C)CC2)cc1. The molecule has 1 fully saturated rings. The molecule has 0 atom stereocenters. The lowest BCUT2D eigenvalue weighted by Gasteiger charge is -2.38. The molecule has 1 heterocycles. The number of hydrogen-bond acceptors (Lipinski definition) is 5. The summed E-state index contributed by atoms with van der Waals surface area (Å²) in [4.78, 5) is 17.4. The van der Waals surface area contributed by atoms with Gasteiger partial charge in [-0.15, -0.1) is 0 Å². The molecule has 0 spiro atoms. The highest BCUT2D eigenvalue weighted by molar-refractivity contribution is 6.05. The minimum absolute atomic E-state index is 0.232. The van der Waals surface area contributed by atoms with Crippen molar-refractivity contribution >= 4 is 17.3 Å². The number of anilines is 2. The van der Waals surface area contributed by atoms with Crippen LogP contribution in [0.2, 0.25) is 0 Å². The monoisotopic (exact) mass is 378 g/mol. The number of nitriles is 1. The van der Waals surface area contributed by atoms with E-state index in [1.54, 1.807) is 18.2 Å². The maximum absolute atomic E-state index is 12.6. The van der Waals surface area contributed by atoms with Crippen molar-refractivity contribution in [2.45, 2.75) is 19.9 Å². The van der Waals surface area contributed by atoms with E-state index in [0.717, 1.165) is 31.9 Å². The van der Waals surface area contributed by atoms with Crippen molar-refractivity contribution in [1.82, 2.24) is 4.90 Å². The Bertz CT molecular complexity index is 863. The van der Waals surface area contributed by atoms with E-state index >= 15 is 0 Å². The second kappa shape index (κ2) is 8.77. The number of carbonyl (C=O) groups excluding carboxylic acids is 1. The molecule has 0 bridgehead atoms. The molecule has 6 heteroatoms. The van der Waals surface area contributed by atoms with Crippen molar-refractivity contribution in [3.63, 3.8) is 0 Å². The summed E-state index contributed by atoms with van der Waals surface area (Å²) >= 11 is 0. The molecule has 1 N–H and O–H groups in total. The van der Waals surface area contributed by atoms with Crippen molar-refractivity contribution in [3.05, 3.63) is 53.6 Å². The highest BCUT2D eigenvalue weighted by Gasteiger charge is 2.19. The summed E-state index contributed by atoms with van der Waals surface area (Å²) in [6.07, 6.45) is 0. The van der Waals surface area contributed by atoms with Gasteiger partial charge in [0, 0.05) is 43.5 Å². The molecular weight excluding hydrogens is 352 g/mol. The van der Waals surface area contributed by atoms with Crippen LogP contribution in [0, 0.1) is 11.3 Å². The van der Waals surface area contributed by atoms with Gasteiger partial charge in [0.05, 0.1) is 24.4 Å². The van der Waals surface area contributed by atoms with Crippen LogP contribution in [-0.2, 0) is 0 Å². The molecule has 6 nitrogen and oxygen atoms in total. The number of piperazine rings is 1. The van der Waals surface area contributed by atoms with Crippen LogP contribution in [0.25, 0.3) is 0 Å². The number of nitrogens with one attached hydrogen (secondary N) is 1. The molecule has 2 aromatic rings. The molecule has 1 aliphatic rings. The standard InChI is InChI=1S/C22H26N4O2/c1-16(2)25-10-12-26(13-11-25)19-7-5-18(6-8-19)22(27)24-20-14-17(15-23)4-9-21(20)28-3/h4-9,14,16H,10-13H2,1-3H3,(H,24,27). The zero-order valence-electron chi connectivity index (χ0n) is 16.6. The van der Waals surface area contributed by atoms with Crippen LogP contribution in [0.1, 0.15) is 29.8 Å². The van der Waals surface area contributed by atoms with E-state index in [4.69, 9.17) is 10.00 Å². The van der Waals surface area contributed by atoms with Gasteiger partial charge in [0.2, 0.25) is 0 Å². The molecule has 28 heavy (non-hydrogen) atoms. The second-order valence-corrected chi connectivity index (χ2v) is 7.14. The van der Waals surface area contributed by atoms with E-state index in [2.05, 4.69) is 35.0 Å². The van der Waals surface area contributed by atoms with Crippen molar-refractivity contribution in [3.8, 4) is 11.8 Å². The zero-order valence-corrected chi connectivity index (χ0v) is 16.6. The topological polar surface area (TPSA) is 68.6 Å². The van der Waals surface area contributed by atoms with Crippen LogP contribution >= 0.6 is 0 Å². The third-order valence-corrected chi connectivity index (χ3v) is 5.12. The summed E-state index contributed by atoms with van der Waals surface area (Å²) in [7, 11) is 1.53. The number of rotatable bonds is 5. The largest absolute Gasteiger partial charge is 0.495 e. The predicted molar refractivity (Wildman–Crippen MR) is 111 cm³/mol. The summed E-state index contributed by atoms with van der Waals surface area (Å²) in [5.74, 6) is 0.288. The lowest BCUT2D eigenvalue weighted by molar-refractivity contribution is 0.102. The summed E-state index contributed by atoms with van der Waals surface area (Å²) in [5, 5.41) is 11.9. The van der Waals surface area contributed by atoms with Crippen molar-refractivity contribution < 1.29 is 9.53 Å². The third-order valence-electron chi connectivity index (χ3n) is 5.12. The van der Waals surface area contributed by atoms with E-state index < -0.39 is 0 Å². The minimum atomic E-state index is -0.232. The number of carbonyl (C=O) groups is 1. The Morgan fingerprint density at radius 1 is 1.11 bits per heavy atom. The molecule has 146 valence electrons. The number of nitrogens with zero attached hydrogens (tertiary/aromatic N) is 3. The number of benzene rings is 2. The van der Waals surface area contributed by atoms with Crippen LogP contribution in [0.3, 0.4) is 0 Å². The Hall–Kier alpha value is -3.04. The van der Waals surface area contributed by atoms with Gasteiger partial charge in [0.25, 0.3) is 5.91 Å². The molecule has 3 rings (SSSR count). The van der Waals surface area contributed by atoms with Crippen molar-refractivity contribution in [2.24, 2.45) is 0 Å². The van der Waals surface area contributed by atoms with Crippen molar-refractivity contribution in [2.75, 3.05) is 43.5 Å². The number of ether oxygens (including phenoxy) is 1. The molecule has 0 radical (unpaired) electrons. The lowest BCUT2D eigenvalue weighted by atomic mass is 10.1. The van der Waals surface area contributed by atoms with Crippen LogP contribution in [0.15, 0.2) is 42.5 Å². The fourth-order valence-electron chi connectivity index (χ4n) is 3.39. The minimum Gasteiger partial charge on any atom is -0.495 e. The molecule has 1 aliphatic heterocycles. The first-order chi connectivity index (χ1) is 13.5. The van der Waals surface area contributed by atoms with Gasteiger partial charge in [-0.05, 0) is 56.3 Å². The van der Waals surface area contributed by atoms with Gasteiger partial charge in [0.15, 0.2) is 0 Å². The van der Waals surface area contributed by atoms with Crippen LogP contribution in [-0.4, -0.2) is 50.1 Å². The maximum atomic E-state index is 12.6. The highest BCUT2D eigenvalue weighted by atomic mass is 16.5. The summed E-state index contributed by atoms with van der Waals surface area (Å²) in [6.45, 7) is 8.53. The number of methoxy groups -OCH3 is 1. The normalized spacial score (nSPS) is 14.6. The van der Waals surface area contributed by atoms with Gasteiger partial charge in [-0.3, -0.25) is 9.69 Å². The van der Waals surface area contributed by atoms with Gasteiger partial charge in [0.1, 0.15) is 5.75 Å².